The number of carbonyl (C=O) groups excluding carboxylic acids is 3. The highest BCUT2D eigenvalue weighted by molar-refractivity contribution is 7.91. The zero-order chi connectivity index (χ0) is 23.6. The van der Waals surface area contributed by atoms with Crippen LogP contribution in [0.2, 0.25) is 0 Å². The molecule has 0 fully saturated rings. The molecule has 2 amide bonds. The topological polar surface area (TPSA) is 132 Å². The quantitative estimate of drug-likeness (QED) is 0.513. The molecule has 0 unspecified atom stereocenters. The third-order valence-corrected chi connectivity index (χ3v) is 7.92. The summed E-state index contributed by atoms with van der Waals surface area (Å²) in [4.78, 5) is 41.3. The molecular formula is C22H19N3O6S2. The summed E-state index contributed by atoms with van der Waals surface area (Å²) in [6, 6.07) is 10.0. The van der Waals surface area contributed by atoms with Crippen molar-refractivity contribution in [2.45, 2.75) is 29.2 Å². The maximum atomic E-state index is 13.0. The van der Waals surface area contributed by atoms with Gasteiger partial charge in [0.15, 0.2) is 0 Å². The Morgan fingerprint density at radius 3 is 2.73 bits per heavy atom. The summed E-state index contributed by atoms with van der Waals surface area (Å²) >= 11 is 1.37. The first-order valence-electron chi connectivity index (χ1n) is 9.87. The first kappa shape index (κ1) is 22.6. The van der Waals surface area contributed by atoms with E-state index in [-0.39, 0.29) is 45.5 Å². The van der Waals surface area contributed by atoms with Crippen LogP contribution < -0.4 is 10.6 Å². The third-order valence-electron chi connectivity index (χ3n) is 5.00. The maximum absolute atomic E-state index is 13.0. The van der Waals surface area contributed by atoms with Crippen molar-refractivity contribution in [3.63, 3.8) is 0 Å². The summed E-state index contributed by atoms with van der Waals surface area (Å²) in [6.45, 7) is 0.210. The van der Waals surface area contributed by atoms with E-state index in [0.717, 1.165) is 9.88 Å². The van der Waals surface area contributed by atoms with Crippen LogP contribution >= 0.6 is 11.3 Å². The van der Waals surface area contributed by atoms with Gasteiger partial charge in [-0.3, -0.25) is 14.4 Å². The predicted molar refractivity (Wildman–Crippen MR) is 120 cm³/mol. The van der Waals surface area contributed by atoms with Crippen LogP contribution in [0.3, 0.4) is 0 Å². The molecule has 0 radical (unpaired) electrons. The van der Waals surface area contributed by atoms with Gasteiger partial charge in [-0.1, -0.05) is 12.1 Å². The fraction of sp³-hybridized carbons (Fsp3) is 0.182. The van der Waals surface area contributed by atoms with Crippen molar-refractivity contribution in [3.8, 4) is 0 Å². The minimum atomic E-state index is -3.93. The van der Waals surface area contributed by atoms with Crippen LogP contribution in [0.25, 0.3) is 0 Å². The van der Waals surface area contributed by atoms with E-state index in [0.29, 0.717) is 6.42 Å². The second-order valence-corrected chi connectivity index (χ2v) is 10.2. The Kier molecular flexibility index (Phi) is 6.25. The number of esters is 1. The number of ether oxygens (including phenoxy) is 1. The standard InChI is InChI=1S/C22H19N3O6S2/c1-31-20(26)9-8-19-23-11-14(32-19)12-24-21(27)13-6-7-18-16(10-13)25-22(28)15-4-2-3-5-17(15)33(18,29)30/h2-7,10-11H,8-9,12H2,1H3,(H,24,27)(H,25,28). The highest BCUT2D eigenvalue weighted by Crippen LogP contribution is 2.34. The van der Waals surface area contributed by atoms with Crippen molar-refractivity contribution in [3.05, 3.63) is 69.7 Å². The minimum absolute atomic E-state index is 0.0479. The van der Waals surface area contributed by atoms with Gasteiger partial charge in [0.25, 0.3) is 11.8 Å². The maximum Gasteiger partial charge on any atom is 0.305 e. The number of nitrogens with one attached hydrogen (secondary N) is 2. The zero-order valence-electron chi connectivity index (χ0n) is 17.5. The number of carbonyl (C=O) groups is 3. The number of hydrogen-bond donors (Lipinski definition) is 2. The molecule has 0 saturated carbocycles. The molecule has 0 bridgehead atoms. The predicted octanol–water partition coefficient (Wildman–Crippen LogP) is 2.58. The Bertz CT molecular complexity index is 1360. The van der Waals surface area contributed by atoms with E-state index in [1.165, 1.54) is 48.8 Å². The molecule has 2 aromatic carbocycles. The normalized spacial score (nSPS) is 13.8. The number of amides is 2. The molecule has 9 nitrogen and oxygen atoms in total. The smallest absolute Gasteiger partial charge is 0.305 e. The molecule has 170 valence electrons. The van der Waals surface area contributed by atoms with E-state index < -0.39 is 21.7 Å². The zero-order valence-corrected chi connectivity index (χ0v) is 19.1. The van der Waals surface area contributed by atoms with Gasteiger partial charge in [0.2, 0.25) is 9.84 Å². The second kappa shape index (κ2) is 9.12. The van der Waals surface area contributed by atoms with Crippen LogP contribution in [0.15, 0.2) is 58.5 Å². The number of aromatic nitrogens is 1. The van der Waals surface area contributed by atoms with Crippen LogP contribution in [0.4, 0.5) is 5.69 Å². The molecule has 2 heterocycles. The number of sulfone groups is 1. The van der Waals surface area contributed by atoms with Crippen molar-refractivity contribution in [2.75, 3.05) is 12.4 Å². The number of nitrogens with zero attached hydrogens (tertiary/aromatic N) is 1. The number of aryl methyl sites for hydroxylation is 1. The van der Waals surface area contributed by atoms with E-state index in [4.69, 9.17) is 0 Å². The number of thiazole rings is 1. The fourth-order valence-electron chi connectivity index (χ4n) is 3.33. The Balaban J connectivity index is 1.49. The summed E-state index contributed by atoms with van der Waals surface area (Å²) in [5.41, 5.74) is 0.297. The molecule has 0 saturated heterocycles. The highest BCUT2D eigenvalue weighted by atomic mass is 32.2. The van der Waals surface area contributed by atoms with E-state index >= 15 is 0 Å². The Morgan fingerprint density at radius 1 is 1.15 bits per heavy atom. The second-order valence-electron chi connectivity index (χ2n) is 7.14. The van der Waals surface area contributed by atoms with Gasteiger partial charge in [0, 0.05) is 23.1 Å². The molecule has 2 N–H and O–H groups in total. The van der Waals surface area contributed by atoms with E-state index in [1.807, 2.05) is 0 Å². The fourth-order valence-corrected chi connectivity index (χ4v) is 5.78. The minimum Gasteiger partial charge on any atom is -0.469 e. The van der Waals surface area contributed by atoms with E-state index in [1.54, 1.807) is 18.3 Å². The van der Waals surface area contributed by atoms with Crippen molar-refractivity contribution >= 4 is 44.6 Å². The number of benzene rings is 2. The van der Waals surface area contributed by atoms with Crippen molar-refractivity contribution in [1.29, 1.82) is 0 Å². The van der Waals surface area contributed by atoms with Crippen molar-refractivity contribution in [2.24, 2.45) is 0 Å². The van der Waals surface area contributed by atoms with Crippen LogP contribution in [-0.2, 0) is 32.3 Å². The Hall–Kier alpha value is -3.57. The molecule has 33 heavy (non-hydrogen) atoms. The summed E-state index contributed by atoms with van der Waals surface area (Å²) in [5.74, 6) is -1.31. The van der Waals surface area contributed by atoms with Gasteiger partial charge in [0.05, 0.1) is 46.1 Å². The first-order chi connectivity index (χ1) is 15.8. The lowest BCUT2D eigenvalue weighted by Gasteiger charge is -2.10. The summed E-state index contributed by atoms with van der Waals surface area (Å²) < 4.78 is 30.7. The first-order valence-corrected chi connectivity index (χ1v) is 12.2. The van der Waals surface area contributed by atoms with Gasteiger partial charge < -0.3 is 15.4 Å². The molecule has 1 aliphatic rings. The average Bonchev–Trinajstić information content (AvgIpc) is 3.25. The van der Waals surface area contributed by atoms with Gasteiger partial charge in [-0.2, -0.15) is 0 Å². The van der Waals surface area contributed by atoms with Crippen molar-refractivity contribution < 1.29 is 27.5 Å². The lowest BCUT2D eigenvalue weighted by molar-refractivity contribution is -0.140. The molecule has 4 rings (SSSR count). The number of methoxy groups -OCH3 is 1. The number of fused-ring (bicyclic) bond motifs is 2. The lowest BCUT2D eigenvalue weighted by atomic mass is 10.1. The lowest BCUT2D eigenvalue weighted by Crippen LogP contribution is -2.22. The van der Waals surface area contributed by atoms with Crippen LogP contribution in [-0.4, -0.2) is 38.3 Å². The monoisotopic (exact) mass is 485 g/mol. The van der Waals surface area contributed by atoms with Crippen LogP contribution in [0.1, 0.15) is 37.0 Å². The van der Waals surface area contributed by atoms with Gasteiger partial charge in [-0.15, -0.1) is 11.3 Å². The largest absolute Gasteiger partial charge is 0.469 e. The summed E-state index contributed by atoms with van der Waals surface area (Å²) in [7, 11) is -2.61. The number of rotatable bonds is 6. The Morgan fingerprint density at radius 2 is 1.94 bits per heavy atom. The molecule has 11 heteroatoms. The van der Waals surface area contributed by atoms with Gasteiger partial charge >= 0.3 is 5.97 Å². The molecule has 1 aliphatic heterocycles. The van der Waals surface area contributed by atoms with Gasteiger partial charge in [-0.05, 0) is 30.3 Å². The number of anilines is 1. The van der Waals surface area contributed by atoms with Crippen LogP contribution in [0, 0.1) is 0 Å². The molecular weight excluding hydrogens is 466 g/mol. The molecule has 3 aromatic rings. The molecule has 1 aromatic heterocycles. The molecule has 0 spiro atoms. The van der Waals surface area contributed by atoms with Crippen molar-refractivity contribution in [1.82, 2.24) is 10.3 Å². The van der Waals surface area contributed by atoms with Crippen LogP contribution in [0.5, 0.6) is 0 Å². The number of hydrogen-bond acceptors (Lipinski definition) is 8. The van der Waals surface area contributed by atoms with Gasteiger partial charge in [-0.25, -0.2) is 13.4 Å². The third kappa shape index (κ3) is 4.64. The summed E-state index contributed by atoms with van der Waals surface area (Å²) in [6.07, 6.45) is 2.30. The SMILES string of the molecule is COC(=O)CCc1ncc(CNC(=O)c2ccc3c(c2)NC(=O)c2ccccc2S3(=O)=O)s1. The average molecular weight is 486 g/mol. The Labute approximate surface area is 193 Å². The molecule has 0 aliphatic carbocycles. The van der Waals surface area contributed by atoms with E-state index in [2.05, 4.69) is 20.4 Å². The highest BCUT2D eigenvalue weighted by Gasteiger charge is 2.31. The van der Waals surface area contributed by atoms with E-state index in [9.17, 15) is 22.8 Å². The summed E-state index contributed by atoms with van der Waals surface area (Å²) in [5, 5.41) is 6.10. The molecule has 0 atom stereocenters. The van der Waals surface area contributed by atoms with Gasteiger partial charge in [0.1, 0.15) is 0 Å².